The predicted molar refractivity (Wildman–Crippen MR) is 67.6 cm³/mol. The van der Waals surface area contributed by atoms with Crippen molar-refractivity contribution in [3.8, 4) is 0 Å². The van der Waals surface area contributed by atoms with Gasteiger partial charge in [-0.1, -0.05) is 11.6 Å². The minimum atomic E-state index is -0.852. The summed E-state index contributed by atoms with van der Waals surface area (Å²) >= 11 is 5.61. The summed E-state index contributed by atoms with van der Waals surface area (Å²) in [4.78, 5) is 22.7. The summed E-state index contributed by atoms with van der Waals surface area (Å²) in [7, 11) is 0. The molecule has 0 aromatic heterocycles. The average molecular weight is 286 g/mol. The zero-order valence-electron chi connectivity index (χ0n) is 10.0. The highest BCUT2D eigenvalue weighted by atomic mass is 35.5. The normalized spacial score (nSPS) is 22.2. The Hall–Kier alpha value is -1.62. The van der Waals surface area contributed by atoms with Crippen LogP contribution >= 0.6 is 11.6 Å². The zero-order valence-corrected chi connectivity index (χ0v) is 10.8. The van der Waals surface area contributed by atoms with E-state index in [4.69, 9.17) is 16.7 Å². The molecule has 2 N–H and O–H groups in total. The number of carbonyl (C=O) groups excluding carboxylic acids is 1. The largest absolute Gasteiger partial charge is 0.481 e. The van der Waals surface area contributed by atoms with E-state index < -0.39 is 23.6 Å². The Balaban J connectivity index is 2.00. The first-order chi connectivity index (χ1) is 8.97. The van der Waals surface area contributed by atoms with Gasteiger partial charge in [-0.05, 0) is 37.5 Å². The van der Waals surface area contributed by atoms with E-state index in [-0.39, 0.29) is 16.6 Å². The van der Waals surface area contributed by atoms with Gasteiger partial charge in [0.2, 0.25) is 0 Å². The van der Waals surface area contributed by atoms with Crippen LogP contribution in [0.4, 0.5) is 4.39 Å². The lowest BCUT2D eigenvalue weighted by molar-refractivity contribution is -0.141. The molecule has 1 aromatic carbocycles. The average Bonchev–Trinajstić information content (AvgIpc) is 2.77. The van der Waals surface area contributed by atoms with E-state index in [0.29, 0.717) is 19.3 Å². The van der Waals surface area contributed by atoms with Crippen molar-refractivity contribution < 1.29 is 19.1 Å². The van der Waals surface area contributed by atoms with Crippen molar-refractivity contribution in [2.24, 2.45) is 5.92 Å². The number of benzene rings is 1. The van der Waals surface area contributed by atoms with Crippen LogP contribution in [0.25, 0.3) is 0 Å². The quantitative estimate of drug-likeness (QED) is 0.896. The van der Waals surface area contributed by atoms with E-state index >= 15 is 0 Å². The molecule has 2 atom stereocenters. The van der Waals surface area contributed by atoms with E-state index in [9.17, 15) is 14.0 Å². The first kappa shape index (κ1) is 13.8. The second-order valence-corrected chi connectivity index (χ2v) is 5.08. The van der Waals surface area contributed by atoms with Gasteiger partial charge in [0.1, 0.15) is 5.82 Å². The third kappa shape index (κ3) is 3.23. The smallest absolute Gasteiger partial charge is 0.306 e. The van der Waals surface area contributed by atoms with Crippen molar-refractivity contribution in [2.75, 3.05) is 0 Å². The van der Waals surface area contributed by atoms with Gasteiger partial charge in [0.25, 0.3) is 5.91 Å². The van der Waals surface area contributed by atoms with E-state index in [0.717, 1.165) is 6.07 Å². The lowest BCUT2D eigenvalue weighted by Crippen LogP contribution is -2.33. The number of carbonyl (C=O) groups is 2. The Morgan fingerprint density at radius 1 is 1.37 bits per heavy atom. The molecule has 0 bridgehead atoms. The summed E-state index contributed by atoms with van der Waals surface area (Å²) in [5, 5.41) is 11.7. The van der Waals surface area contributed by atoms with Crippen LogP contribution in [0.15, 0.2) is 18.2 Å². The summed E-state index contributed by atoms with van der Waals surface area (Å²) < 4.78 is 13.5. The predicted octanol–water partition coefficient (Wildman–Crippen LogP) is 2.46. The van der Waals surface area contributed by atoms with Gasteiger partial charge < -0.3 is 10.4 Å². The van der Waals surface area contributed by atoms with Crippen LogP contribution in [0.3, 0.4) is 0 Å². The van der Waals surface area contributed by atoms with Crippen LogP contribution in [0.1, 0.15) is 29.6 Å². The highest BCUT2D eigenvalue weighted by Gasteiger charge is 2.31. The number of rotatable bonds is 3. The van der Waals surface area contributed by atoms with Crippen LogP contribution in [0.2, 0.25) is 5.02 Å². The van der Waals surface area contributed by atoms with Gasteiger partial charge in [-0.15, -0.1) is 0 Å². The molecule has 0 spiro atoms. The molecular weight excluding hydrogens is 273 g/mol. The molecular formula is C13H13ClFNO3. The molecule has 1 amide bonds. The number of hydrogen-bond acceptors (Lipinski definition) is 2. The molecule has 19 heavy (non-hydrogen) atoms. The third-order valence-electron chi connectivity index (χ3n) is 3.29. The van der Waals surface area contributed by atoms with Gasteiger partial charge in [0.05, 0.1) is 11.5 Å². The van der Waals surface area contributed by atoms with Crippen LogP contribution in [0, 0.1) is 11.7 Å². The highest BCUT2D eigenvalue weighted by molar-refractivity contribution is 6.30. The molecule has 1 fully saturated rings. The summed E-state index contributed by atoms with van der Waals surface area (Å²) in [6.45, 7) is 0. The van der Waals surface area contributed by atoms with Gasteiger partial charge in [0, 0.05) is 11.1 Å². The molecule has 0 unspecified atom stereocenters. The maximum atomic E-state index is 13.5. The maximum absolute atomic E-state index is 13.5. The standard InChI is InChI=1S/C13H13ClFNO3/c14-8-2-4-10(11(15)6-8)12(17)16-9-3-1-7(5-9)13(18)19/h2,4,6-7,9H,1,3,5H2,(H,16,17)(H,18,19)/t7-,9+/m0/s1. The number of aliphatic carboxylic acids is 1. The van der Waals surface area contributed by atoms with Gasteiger partial charge in [-0.2, -0.15) is 0 Å². The van der Waals surface area contributed by atoms with Crippen LogP contribution in [-0.2, 0) is 4.79 Å². The molecule has 0 aliphatic heterocycles. The van der Waals surface area contributed by atoms with E-state index in [1.807, 2.05) is 0 Å². The number of carboxylic acids is 1. The first-order valence-electron chi connectivity index (χ1n) is 5.96. The molecule has 1 saturated carbocycles. The molecule has 1 aliphatic rings. The Kier molecular flexibility index (Phi) is 4.04. The van der Waals surface area contributed by atoms with Crippen molar-refractivity contribution in [1.29, 1.82) is 0 Å². The lowest BCUT2D eigenvalue weighted by Gasteiger charge is -2.12. The van der Waals surface area contributed by atoms with Gasteiger partial charge in [-0.25, -0.2) is 4.39 Å². The van der Waals surface area contributed by atoms with E-state index in [1.54, 1.807) is 0 Å². The molecule has 102 valence electrons. The monoisotopic (exact) mass is 285 g/mol. The van der Waals surface area contributed by atoms with Gasteiger partial charge in [-0.3, -0.25) is 9.59 Å². The van der Waals surface area contributed by atoms with Gasteiger partial charge >= 0.3 is 5.97 Å². The molecule has 2 rings (SSSR count). The van der Waals surface area contributed by atoms with Crippen LogP contribution in [-0.4, -0.2) is 23.0 Å². The second-order valence-electron chi connectivity index (χ2n) is 4.64. The van der Waals surface area contributed by atoms with Crippen molar-refractivity contribution in [1.82, 2.24) is 5.32 Å². The fourth-order valence-corrected chi connectivity index (χ4v) is 2.43. The Morgan fingerprint density at radius 3 is 2.68 bits per heavy atom. The summed E-state index contributed by atoms with van der Waals surface area (Å²) in [5.41, 5.74) is -0.0804. The second kappa shape index (κ2) is 5.57. The lowest BCUT2D eigenvalue weighted by atomic mass is 10.1. The van der Waals surface area contributed by atoms with Crippen LogP contribution < -0.4 is 5.32 Å². The minimum Gasteiger partial charge on any atom is -0.481 e. The number of amides is 1. The minimum absolute atomic E-state index is 0.0804. The number of hydrogen-bond donors (Lipinski definition) is 2. The Labute approximate surface area is 114 Å². The summed E-state index contributed by atoms with van der Waals surface area (Å²) in [6.07, 6.45) is 1.51. The van der Waals surface area contributed by atoms with Crippen molar-refractivity contribution in [3.63, 3.8) is 0 Å². The zero-order chi connectivity index (χ0) is 14.0. The number of carboxylic acid groups (broad SMARTS) is 1. The Morgan fingerprint density at radius 2 is 2.11 bits per heavy atom. The number of nitrogens with one attached hydrogen (secondary N) is 1. The summed E-state index contributed by atoms with van der Waals surface area (Å²) in [6, 6.07) is 3.61. The van der Waals surface area contributed by atoms with E-state index in [1.165, 1.54) is 12.1 Å². The van der Waals surface area contributed by atoms with Crippen molar-refractivity contribution >= 4 is 23.5 Å². The van der Waals surface area contributed by atoms with Gasteiger partial charge in [0.15, 0.2) is 0 Å². The van der Waals surface area contributed by atoms with E-state index in [2.05, 4.69) is 5.32 Å². The SMILES string of the molecule is O=C(N[C@@H]1CC[C@H](C(=O)O)C1)c1ccc(Cl)cc1F. The highest BCUT2D eigenvalue weighted by Crippen LogP contribution is 2.26. The summed E-state index contributed by atoms with van der Waals surface area (Å²) in [5.74, 6) is -2.50. The molecule has 0 radical (unpaired) electrons. The topological polar surface area (TPSA) is 66.4 Å². The van der Waals surface area contributed by atoms with Crippen molar-refractivity contribution in [2.45, 2.75) is 25.3 Å². The molecule has 1 aliphatic carbocycles. The van der Waals surface area contributed by atoms with Crippen LogP contribution in [0.5, 0.6) is 0 Å². The fourth-order valence-electron chi connectivity index (χ4n) is 2.27. The first-order valence-corrected chi connectivity index (χ1v) is 6.34. The fraction of sp³-hybridized carbons (Fsp3) is 0.385. The number of halogens is 2. The molecule has 4 nitrogen and oxygen atoms in total. The van der Waals surface area contributed by atoms with Crippen molar-refractivity contribution in [3.05, 3.63) is 34.6 Å². The molecule has 0 heterocycles. The maximum Gasteiger partial charge on any atom is 0.306 e. The molecule has 0 saturated heterocycles. The molecule has 6 heteroatoms. The third-order valence-corrected chi connectivity index (χ3v) is 3.53. The molecule has 1 aromatic rings. The Bertz CT molecular complexity index is 521.